The quantitative estimate of drug-likeness (QED) is 0.734. The molecule has 0 saturated carbocycles. The summed E-state index contributed by atoms with van der Waals surface area (Å²) in [4.78, 5) is 28.7. The minimum atomic E-state index is -0.231. The first kappa shape index (κ1) is 19.5. The van der Waals surface area contributed by atoms with Crippen LogP contribution in [0.3, 0.4) is 0 Å². The molecular weight excluding hydrogens is 360 g/mol. The van der Waals surface area contributed by atoms with E-state index in [0.29, 0.717) is 41.5 Å². The van der Waals surface area contributed by atoms with E-state index in [2.05, 4.69) is 0 Å². The zero-order valence-electron chi connectivity index (χ0n) is 16.3. The first-order valence-corrected chi connectivity index (χ1v) is 9.03. The molecule has 0 atom stereocenters. The third-order valence-corrected chi connectivity index (χ3v) is 4.74. The standard InChI is InChI=1S/C21H24N2O5/c1-26-17-9-7-16(8-10-17)23(14-22-12-4-5-20(22)24)21(25)15-6-11-18(27-2)19(13-15)28-3/h6-11,13H,4-5,12,14H2,1-3H3. The fourth-order valence-electron chi connectivity index (χ4n) is 3.17. The van der Waals surface area contributed by atoms with E-state index >= 15 is 0 Å². The second-order valence-corrected chi connectivity index (χ2v) is 6.40. The molecule has 2 amide bonds. The highest BCUT2D eigenvalue weighted by Gasteiger charge is 2.27. The maximum absolute atomic E-state index is 13.3. The lowest BCUT2D eigenvalue weighted by Crippen LogP contribution is -2.42. The monoisotopic (exact) mass is 384 g/mol. The Morgan fingerprint density at radius 2 is 1.71 bits per heavy atom. The van der Waals surface area contributed by atoms with Crippen molar-refractivity contribution in [2.75, 3.05) is 39.4 Å². The molecule has 3 rings (SSSR count). The van der Waals surface area contributed by atoms with Gasteiger partial charge in [-0.15, -0.1) is 0 Å². The summed E-state index contributed by atoms with van der Waals surface area (Å²) in [5, 5.41) is 0. The molecule has 2 aromatic carbocycles. The number of hydrogen-bond acceptors (Lipinski definition) is 5. The van der Waals surface area contributed by atoms with Gasteiger partial charge >= 0.3 is 0 Å². The molecule has 0 aliphatic carbocycles. The molecule has 7 nitrogen and oxygen atoms in total. The first-order valence-electron chi connectivity index (χ1n) is 9.03. The van der Waals surface area contributed by atoms with E-state index in [1.54, 1.807) is 66.5 Å². The van der Waals surface area contributed by atoms with Crippen LogP contribution in [0, 0.1) is 0 Å². The van der Waals surface area contributed by atoms with Gasteiger partial charge in [-0.3, -0.25) is 14.5 Å². The molecule has 28 heavy (non-hydrogen) atoms. The number of rotatable bonds is 7. The minimum absolute atomic E-state index is 0.0543. The van der Waals surface area contributed by atoms with Crippen LogP contribution in [-0.2, 0) is 4.79 Å². The van der Waals surface area contributed by atoms with Crippen LogP contribution in [0.2, 0.25) is 0 Å². The molecular formula is C21H24N2O5. The minimum Gasteiger partial charge on any atom is -0.497 e. The SMILES string of the molecule is COc1ccc(N(CN2CCCC2=O)C(=O)c2ccc(OC)c(OC)c2)cc1. The van der Waals surface area contributed by atoms with E-state index in [0.717, 1.165) is 6.42 Å². The molecule has 1 fully saturated rings. The van der Waals surface area contributed by atoms with Gasteiger partial charge in [0.2, 0.25) is 5.91 Å². The summed E-state index contributed by atoms with van der Waals surface area (Å²) in [6.45, 7) is 0.836. The van der Waals surface area contributed by atoms with Gasteiger partial charge in [0.15, 0.2) is 11.5 Å². The number of anilines is 1. The lowest BCUT2D eigenvalue weighted by Gasteiger charge is -2.28. The van der Waals surface area contributed by atoms with Crippen LogP contribution in [0.5, 0.6) is 17.2 Å². The van der Waals surface area contributed by atoms with Gasteiger partial charge in [0.25, 0.3) is 5.91 Å². The van der Waals surface area contributed by atoms with E-state index < -0.39 is 0 Å². The third kappa shape index (κ3) is 4.03. The van der Waals surface area contributed by atoms with Crippen LogP contribution in [0.25, 0.3) is 0 Å². The Labute approximate surface area is 164 Å². The van der Waals surface area contributed by atoms with Gasteiger partial charge in [-0.1, -0.05) is 0 Å². The fraction of sp³-hybridized carbons (Fsp3) is 0.333. The Morgan fingerprint density at radius 3 is 2.29 bits per heavy atom. The third-order valence-electron chi connectivity index (χ3n) is 4.74. The maximum atomic E-state index is 13.3. The number of methoxy groups -OCH3 is 3. The van der Waals surface area contributed by atoms with Crippen LogP contribution in [0.4, 0.5) is 5.69 Å². The Hall–Kier alpha value is -3.22. The summed E-state index contributed by atoms with van der Waals surface area (Å²) < 4.78 is 15.8. The highest BCUT2D eigenvalue weighted by molar-refractivity contribution is 6.06. The van der Waals surface area contributed by atoms with E-state index in [1.807, 2.05) is 0 Å². The highest BCUT2D eigenvalue weighted by Crippen LogP contribution is 2.29. The van der Waals surface area contributed by atoms with Crippen molar-refractivity contribution >= 4 is 17.5 Å². The number of carbonyl (C=O) groups is 2. The van der Waals surface area contributed by atoms with Gasteiger partial charge < -0.3 is 19.1 Å². The molecule has 0 bridgehead atoms. The molecule has 0 spiro atoms. The van der Waals surface area contributed by atoms with Crippen molar-refractivity contribution in [2.24, 2.45) is 0 Å². The molecule has 1 saturated heterocycles. The van der Waals surface area contributed by atoms with Crippen LogP contribution in [-0.4, -0.2) is 51.3 Å². The van der Waals surface area contributed by atoms with Crippen LogP contribution < -0.4 is 19.1 Å². The van der Waals surface area contributed by atoms with Crippen LogP contribution in [0.1, 0.15) is 23.2 Å². The van der Waals surface area contributed by atoms with Crippen molar-refractivity contribution < 1.29 is 23.8 Å². The number of likely N-dealkylation sites (tertiary alicyclic amines) is 1. The predicted molar refractivity (Wildman–Crippen MR) is 105 cm³/mol. The Kier molecular flexibility index (Phi) is 6.03. The van der Waals surface area contributed by atoms with Gasteiger partial charge in [0, 0.05) is 24.2 Å². The second kappa shape index (κ2) is 8.65. The largest absolute Gasteiger partial charge is 0.497 e. The van der Waals surface area contributed by atoms with Gasteiger partial charge in [-0.2, -0.15) is 0 Å². The molecule has 1 heterocycles. The van der Waals surface area contributed by atoms with E-state index in [-0.39, 0.29) is 18.5 Å². The van der Waals surface area contributed by atoms with Crippen molar-refractivity contribution in [1.29, 1.82) is 0 Å². The summed E-state index contributed by atoms with van der Waals surface area (Å²) >= 11 is 0. The lowest BCUT2D eigenvalue weighted by atomic mass is 10.1. The van der Waals surface area contributed by atoms with Crippen molar-refractivity contribution in [3.8, 4) is 17.2 Å². The molecule has 0 unspecified atom stereocenters. The summed E-state index contributed by atoms with van der Waals surface area (Å²) in [5.41, 5.74) is 1.13. The number of carbonyl (C=O) groups excluding carboxylic acids is 2. The molecule has 0 N–H and O–H groups in total. The van der Waals surface area contributed by atoms with Gasteiger partial charge in [-0.05, 0) is 48.9 Å². The Balaban J connectivity index is 1.94. The number of hydrogen-bond donors (Lipinski definition) is 0. The molecule has 0 radical (unpaired) electrons. The lowest BCUT2D eigenvalue weighted by molar-refractivity contribution is -0.127. The average Bonchev–Trinajstić information content (AvgIpc) is 3.15. The molecule has 0 aromatic heterocycles. The molecule has 7 heteroatoms. The molecule has 148 valence electrons. The summed E-state index contributed by atoms with van der Waals surface area (Å²) in [6.07, 6.45) is 1.32. The number of ether oxygens (including phenoxy) is 3. The summed E-state index contributed by atoms with van der Waals surface area (Å²) in [7, 11) is 4.66. The average molecular weight is 384 g/mol. The van der Waals surface area contributed by atoms with Crippen molar-refractivity contribution in [2.45, 2.75) is 12.8 Å². The normalized spacial score (nSPS) is 13.4. The van der Waals surface area contributed by atoms with Gasteiger partial charge in [0.1, 0.15) is 12.4 Å². The van der Waals surface area contributed by atoms with Crippen LogP contribution >= 0.6 is 0 Å². The first-order chi connectivity index (χ1) is 13.6. The van der Waals surface area contributed by atoms with E-state index in [1.165, 1.54) is 7.11 Å². The Bertz CT molecular complexity index is 850. The number of amides is 2. The highest BCUT2D eigenvalue weighted by atomic mass is 16.5. The van der Waals surface area contributed by atoms with Gasteiger partial charge in [-0.25, -0.2) is 0 Å². The van der Waals surface area contributed by atoms with Crippen LogP contribution in [0.15, 0.2) is 42.5 Å². The fourth-order valence-corrected chi connectivity index (χ4v) is 3.17. The summed E-state index contributed by atoms with van der Waals surface area (Å²) in [5.74, 6) is 1.54. The smallest absolute Gasteiger partial charge is 0.259 e. The van der Waals surface area contributed by atoms with E-state index in [9.17, 15) is 9.59 Å². The molecule has 1 aliphatic heterocycles. The molecule has 2 aromatic rings. The van der Waals surface area contributed by atoms with Crippen molar-refractivity contribution in [3.05, 3.63) is 48.0 Å². The zero-order valence-corrected chi connectivity index (χ0v) is 16.3. The van der Waals surface area contributed by atoms with Gasteiger partial charge in [0.05, 0.1) is 21.3 Å². The Morgan fingerprint density at radius 1 is 1.00 bits per heavy atom. The van der Waals surface area contributed by atoms with Crippen molar-refractivity contribution in [1.82, 2.24) is 4.90 Å². The maximum Gasteiger partial charge on any atom is 0.259 e. The number of benzene rings is 2. The second-order valence-electron chi connectivity index (χ2n) is 6.40. The van der Waals surface area contributed by atoms with Crippen molar-refractivity contribution in [3.63, 3.8) is 0 Å². The number of nitrogens with zero attached hydrogens (tertiary/aromatic N) is 2. The molecule has 1 aliphatic rings. The summed E-state index contributed by atoms with van der Waals surface area (Å²) in [6, 6.07) is 12.2. The predicted octanol–water partition coefficient (Wildman–Crippen LogP) is 2.94. The zero-order chi connectivity index (χ0) is 20.1. The topological polar surface area (TPSA) is 68.3 Å². The van der Waals surface area contributed by atoms with E-state index in [4.69, 9.17) is 14.2 Å².